The molecule has 0 spiro atoms. The molecule has 6 heteroatoms. The SMILES string of the molecule is CCNC(C)c1ccc(F)cc1OCC(=O)NCCC#N. The standard InChI is InChI=1S/C15H20FN3O2/c1-3-18-11(2)13-6-5-12(16)9-14(13)21-10-15(20)19-8-4-7-17/h5-6,9,11,18H,3-4,8,10H2,1-2H3,(H,19,20). The molecule has 1 atom stereocenters. The van der Waals surface area contributed by atoms with Crippen molar-refractivity contribution in [3.63, 3.8) is 0 Å². The first-order valence-corrected chi connectivity index (χ1v) is 6.87. The highest BCUT2D eigenvalue weighted by Gasteiger charge is 2.13. The lowest BCUT2D eigenvalue weighted by Gasteiger charge is -2.17. The van der Waals surface area contributed by atoms with Crippen LogP contribution in [0.25, 0.3) is 0 Å². The van der Waals surface area contributed by atoms with Gasteiger partial charge in [0.2, 0.25) is 0 Å². The van der Waals surface area contributed by atoms with Gasteiger partial charge in [-0.15, -0.1) is 0 Å². The molecular weight excluding hydrogens is 273 g/mol. The van der Waals surface area contributed by atoms with Crippen molar-refractivity contribution < 1.29 is 13.9 Å². The van der Waals surface area contributed by atoms with E-state index < -0.39 is 5.82 Å². The van der Waals surface area contributed by atoms with Gasteiger partial charge in [0.25, 0.3) is 5.91 Å². The molecular formula is C15H20FN3O2. The summed E-state index contributed by atoms with van der Waals surface area (Å²) in [5.41, 5.74) is 0.795. The minimum atomic E-state index is -0.415. The van der Waals surface area contributed by atoms with E-state index in [-0.39, 0.29) is 31.5 Å². The van der Waals surface area contributed by atoms with Crippen molar-refractivity contribution in [3.05, 3.63) is 29.6 Å². The molecule has 0 fully saturated rings. The van der Waals surface area contributed by atoms with Crippen molar-refractivity contribution in [2.75, 3.05) is 19.7 Å². The molecule has 21 heavy (non-hydrogen) atoms. The summed E-state index contributed by atoms with van der Waals surface area (Å²) < 4.78 is 18.7. The zero-order valence-electron chi connectivity index (χ0n) is 12.3. The first-order valence-electron chi connectivity index (χ1n) is 6.87. The van der Waals surface area contributed by atoms with Gasteiger partial charge >= 0.3 is 0 Å². The highest BCUT2D eigenvalue weighted by molar-refractivity contribution is 5.77. The predicted octanol–water partition coefficient (Wildman–Crippen LogP) is 1.90. The molecule has 0 bridgehead atoms. The lowest BCUT2D eigenvalue weighted by atomic mass is 10.1. The van der Waals surface area contributed by atoms with Crippen LogP contribution in [0.5, 0.6) is 5.75 Å². The molecule has 1 aromatic carbocycles. The van der Waals surface area contributed by atoms with Crippen molar-refractivity contribution in [2.45, 2.75) is 26.3 Å². The predicted molar refractivity (Wildman–Crippen MR) is 77.2 cm³/mol. The van der Waals surface area contributed by atoms with Crippen LogP contribution < -0.4 is 15.4 Å². The maximum Gasteiger partial charge on any atom is 0.257 e. The summed E-state index contributed by atoms with van der Waals surface area (Å²) in [7, 11) is 0. The zero-order valence-corrected chi connectivity index (χ0v) is 12.3. The van der Waals surface area contributed by atoms with Crippen LogP contribution >= 0.6 is 0 Å². The molecule has 0 aliphatic carbocycles. The van der Waals surface area contributed by atoms with Gasteiger partial charge in [-0.2, -0.15) is 5.26 Å². The Kier molecular flexibility index (Phi) is 7.19. The fourth-order valence-electron chi connectivity index (χ4n) is 1.86. The second-order valence-corrected chi connectivity index (χ2v) is 4.51. The van der Waals surface area contributed by atoms with E-state index in [0.717, 1.165) is 12.1 Å². The van der Waals surface area contributed by atoms with E-state index in [1.165, 1.54) is 12.1 Å². The number of amides is 1. The van der Waals surface area contributed by atoms with Gasteiger partial charge in [-0.3, -0.25) is 4.79 Å². The Morgan fingerprint density at radius 2 is 2.29 bits per heavy atom. The maximum atomic E-state index is 13.3. The van der Waals surface area contributed by atoms with Crippen molar-refractivity contribution >= 4 is 5.91 Å². The van der Waals surface area contributed by atoms with Crippen LogP contribution in [0.1, 0.15) is 31.9 Å². The summed E-state index contributed by atoms with van der Waals surface area (Å²) >= 11 is 0. The van der Waals surface area contributed by atoms with E-state index in [4.69, 9.17) is 10.00 Å². The van der Waals surface area contributed by atoms with E-state index in [2.05, 4.69) is 10.6 Å². The second-order valence-electron chi connectivity index (χ2n) is 4.51. The second kappa shape index (κ2) is 8.93. The summed E-state index contributed by atoms with van der Waals surface area (Å²) in [4.78, 5) is 11.5. The molecule has 0 heterocycles. The number of carbonyl (C=O) groups is 1. The Morgan fingerprint density at radius 3 is 2.95 bits per heavy atom. The average molecular weight is 293 g/mol. The number of ether oxygens (including phenoxy) is 1. The van der Waals surface area contributed by atoms with Crippen LogP contribution in [0.15, 0.2) is 18.2 Å². The number of benzene rings is 1. The van der Waals surface area contributed by atoms with Gasteiger partial charge in [0.1, 0.15) is 11.6 Å². The molecule has 0 aliphatic rings. The Hall–Kier alpha value is -2.13. The quantitative estimate of drug-likeness (QED) is 0.718. The lowest BCUT2D eigenvalue weighted by Crippen LogP contribution is -2.30. The van der Waals surface area contributed by atoms with Crippen LogP contribution in [0.4, 0.5) is 4.39 Å². The van der Waals surface area contributed by atoms with E-state index >= 15 is 0 Å². The number of nitriles is 1. The van der Waals surface area contributed by atoms with Crippen LogP contribution in [-0.4, -0.2) is 25.6 Å². The monoisotopic (exact) mass is 293 g/mol. The molecule has 5 nitrogen and oxygen atoms in total. The van der Waals surface area contributed by atoms with Crippen molar-refractivity contribution in [3.8, 4) is 11.8 Å². The van der Waals surface area contributed by atoms with Gasteiger partial charge in [-0.1, -0.05) is 13.0 Å². The highest BCUT2D eigenvalue weighted by Crippen LogP contribution is 2.26. The Labute approximate surface area is 124 Å². The molecule has 1 aromatic rings. The number of carbonyl (C=O) groups excluding carboxylic acids is 1. The van der Waals surface area contributed by atoms with Gasteiger partial charge in [0, 0.05) is 24.2 Å². The molecule has 2 N–H and O–H groups in total. The Balaban J connectivity index is 2.66. The smallest absolute Gasteiger partial charge is 0.257 e. The molecule has 0 aromatic heterocycles. The first-order chi connectivity index (χ1) is 10.1. The van der Waals surface area contributed by atoms with Gasteiger partial charge in [-0.05, 0) is 19.5 Å². The molecule has 0 saturated carbocycles. The first kappa shape index (κ1) is 16.9. The zero-order chi connectivity index (χ0) is 15.7. The largest absolute Gasteiger partial charge is 0.483 e. The third kappa shape index (κ3) is 5.79. The fourth-order valence-corrected chi connectivity index (χ4v) is 1.86. The summed E-state index contributed by atoms with van der Waals surface area (Å²) in [6.45, 7) is 4.76. The third-order valence-corrected chi connectivity index (χ3v) is 2.87. The van der Waals surface area contributed by atoms with E-state index in [9.17, 15) is 9.18 Å². The lowest BCUT2D eigenvalue weighted by molar-refractivity contribution is -0.123. The highest BCUT2D eigenvalue weighted by atomic mass is 19.1. The topological polar surface area (TPSA) is 74.2 Å². The molecule has 1 rings (SSSR count). The van der Waals surface area contributed by atoms with Crippen LogP contribution in [0.3, 0.4) is 0 Å². The average Bonchev–Trinajstić information content (AvgIpc) is 2.45. The van der Waals surface area contributed by atoms with E-state index in [0.29, 0.717) is 5.75 Å². The Morgan fingerprint density at radius 1 is 1.52 bits per heavy atom. The van der Waals surface area contributed by atoms with E-state index in [1.54, 1.807) is 6.07 Å². The normalized spacial score (nSPS) is 11.5. The van der Waals surface area contributed by atoms with Gasteiger partial charge in [0.05, 0.1) is 12.5 Å². The van der Waals surface area contributed by atoms with Gasteiger partial charge in [0.15, 0.2) is 6.61 Å². The summed E-state index contributed by atoms with van der Waals surface area (Å²) in [5, 5.41) is 14.1. The Bertz CT molecular complexity index is 514. The number of halogens is 1. The molecule has 1 amide bonds. The third-order valence-electron chi connectivity index (χ3n) is 2.87. The number of rotatable bonds is 8. The number of nitrogens with one attached hydrogen (secondary N) is 2. The minimum absolute atomic E-state index is 0.00718. The molecule has 0 saturated heterocycles. The van der Waals surface area contributed by atoms with Crippen LogP contribution in [0, 0.1) is 17.1 Å². The number of nitrogens with zero attached hydrogens (tertiary/aromatic N) is 1. The molecule has 114 valence electrons. The molecule has 0 radical (unpaired) electrons. The summed E-state index contributed by atoms with van der Waals surface area (Å²) in [6.07, 6.45) is 0.244. The van der Waals surface area contributed by atoms with Crippen LogP contribution in [-0.2, 0) is 4.79 Å². The molecule has 0 aliphatic heterocycles. The van der Waals surface area contributed by atoms with Crippen molar-refractivity contribution in [1.82, 2.24) is 10.6 Å². The van der Waals surface area contributed by atoms with E-state index in [1.807, 2.05) is 19.9 Å². The van der Waals surface area contributed by atoms with Crippen LogP contribution in [0.2, 0.25) is 0 Å². The van der Waals surface area contributed by atoms with Gasteiger partial charge < -0.3 is 15.4 Å². The minimum Gasteiger partial charge on any atom is -0.483 e. The fraction of sp³-hybridized carbons (Fsp3) is 0.467. The number of hydrogen-bond acceptors (Lipinski definition) is 4. The number of hydrogen-bond donors (Lipinski definition) is 2. The van der Waals surface area contributed by atoms with Gasteiger partial charge in [-0.25, -0.2) is 4.39 Å². The van der Waals surface area contributed by atoms with Crippen molar-refractivity contribution in [1.29, 1.82) is 5.26 Å². The molecule has 1 unspecified atom stereocenters. The van der Waals surface area contributed by atoms with Crippen molar-refractivity contribution in [2.24, 2.45) is 0 Å². The maximum absolute atomic E-state index is 13.3. The summed E-state index contributed by atoms with van der Waals surface area (Å²) in [6, 6.07) is 6.20. The summed E-state index contributed by atoms with van der Waals surface area (Å²) in [5.74, 6) is -0.405.